The predicted molar refractivity (Wildman–Crippen MR) is 101 cm³/mol. The zero-order chi connectivity index (χ0) is 17.9. The Morgan fingerprint density at radius 2 is 2.00 bits per heavy atom. The van der Waals surface area contributed by atoms with Crippen molar-refractivity contribution in [3.05, 3.63) is 30.1 Å². The van der Waals surface area contributed by atoms with E-state index in [2.05, 4.69) is 19.4 Å². The highest BCUT2D eigenvalue weighted by atomic mass is 16.5. The number of morpholine rings is 1. The number of ether oxygens (including phenoxy) is 1. The van der Waals surface area contributed by atoms with Gasteiger partial charge in [-0.25, -0.2) is 4.98 Å². The summed E-state index contributed by atoms with van der Waals surface area (Å²) in [6.07, 6.45) is 3.42. The normalized spacial score (nSPS) is 22.0. The number of imidazole rings is 1. The van der Waals surface area contributed by atoms with Crippen LogP contribution in [0, 0.1) is 6.92 Å². The van der Waals surface area contributed by atoms with Gasteiger partial charge in [0.15, 0.2) is 0 Å². The Kier molecular flexibility index (Phi) is 5.22. The number of rotatable bonds is 4. The Balaban J connectivity index is 1.48. The molecule has 2 fully saturated rings. The number of aryl methyl sites for hydroxylation is 1. The molecule has 0 unspecified atom stereocenters. The highest BCUT2D eigenvalue weighted by Crippen LogP contribution is 2.21. The smallest absolute Gasteiger partial charge is 0.242 e. The minimum absolute atomic E-state index is 0.217. The van der Waals surface area contributed by atoms with Crippen LogP contribution in [0.2, 0.25) is 0 Å². The summed E-state index contributed by atoms with van der Waals surface area (Å²) in [4.78, 5) is 22.3. The van der Waals surface area contributed by atoms with E-state index in [9.17, 15) is 4.79 Å². The van der Waals surface area contributed by atoms with Gasteiger partial charge in [-0.2, -0.15) is 0 Å². The average Bonchev–Trinajstić information content (AvgIpc) is 2.98. The Labute approximate surface area is 154 Å². The van der Waals surface area contributed by atoms with Crippen molar-refractivity contribution in [1.29, 1.82) is 0 Å². The number of aromatic nitrogens is 2. The zero-order valence-electron chi connectivity index (χ0n) is 15.6. The molecule has 2 aliphatic heterocycles. The molecule has 3 heterocycles. The molecule has 0 bridgehead atoms. The Bertz CT molecular complexity index is 766. The zero-order valence-corrected chi connectivity index (χ0v) is 15.6. The lowest BCUT2D eigenvalue weighted by atomic mass is 10.0. The molecule has 140 valence electrons. The van der Waals surface area contributed by atoms with Gasteiger partial charge in [-0.3, -0.25) is 9.69 Å². The maximum atomic E-state index is 13.1. The first kappa shape index (κ1) is 17.5. The van der Waals surface area contributed by atoms with Gasteiger partial charge >= 0.3 is 0 Å². The van der Waals surface area contributed by atoms with Crippen molar-refractivity contribution in [3.63, 3.8) is 0 Å². The topological polar surface area (TPSA) is 50.6 Å². The number of amides is 1. The summed E-state index contributed by atoms with van der Waals surface area (Å²) in [5.41, 5.74) is 2.00. The first-order valence-corrected chi connectivity index (χ1v) is 9.74. The lowest BCUT2D eigenvalue weighted by molar-refractivity contribution is -0.136. The van der Waals surface area contributed by atoms with Gasteiger partial charge in [-0.1, -0.05) is 12.1 Å². The number of para-hydroxylation sites is 2. The maximum absolute atomic E-state index is 13.1. The van der Waals surface area contributed by atoms with Gasteiger partial charge in [-0.05, 0) is 38.3 Å². The molecule has 6 nitrogen and oxygen atoms in total. The van der Waals surface area contributed by atoms with E-state index in [-0.39, 0.29) is 5.91 Å². The van der Waals surface area contributed by atoms with Crippen LogP contribution in [0.5, 0.6) is 0 Å². The largest absolute Gasteiger partial charge is 0.379 e. The Hall–Kier alpha value is -1.92. The van der Waals surface area contributed by atoms with Crippen LogP contribution in [-0.2, 0) is 16.1 Å². The van der Waals surface area contributed by atoms with Crippen molar-refractivity contribution >= 4 is 16.9 Å². The Morgan fingerprint density at radius 1 is 1.19 bits per heavy atom. The van der Waals surface area contributed by atoms with Crippen LogP contribution < -0.4 is 0 Å². The predicted octanol–water partition coefficient (Wildman–Crippen LogP) is 2.06. The fraction of sp³-hybridized carbons (Fsp3) is 0.600. The van der Waals surface area contributed by atoms with Crippen molar-refractivity contribution in [2.24, 2.45) is 0 Å². The number of likely N-dealkylation sites (tertiary alicyclic amines) is 1. The van der Waals surface area contributed by atoms with Gasteiger partial charge in [0.2, 0.25) is 5.91 Å². The molecule has 2 aliphatic rings. The van der Waals surface area contributed by atoms with Crippen LogP contribution >= 0.6 is 0 Å². The number of benzene rings is 1. The molecule has 26 heavy (non-hydrogen) atoms. The molecule has 0 saturated carbocycles. The van der Waals surface area contributed by atoms with Crippen molar-refractivity contribution in [2.75, 3.05) is 39.4 Å². The molecular formula is C20H28N4O2. The summed E-state index contributed by atoms with van der Waals surface area (Å²) >= 11 is 0. The second kappa shape index (κ2) is 7.76. The fourth-order valence-corrected chi connectivity index (χ4v) is 4.22. The van der Waals surface area contributed by atoms with Crippen LogP contribution in [0.4, 0.5) is 0 Å². The van der Waals surface area contributed by atoms with E-state index in [1.54, 1.807) is 0 Å². The number of hydrogen-bond donors (Lipinski definition) is 0. The summed E-state index contributed by atoms with van der Waals surface area (Å²) in [7, 11) is 0. The molecule has 0 aliphatic carbocycles. The summed E-state index contributed by atoms with van der Waals surface area (Å²) in [5, 5.41) is 0. The third kappa shape index (κ3) is 3.62. The number of piperidine rings is 1. The molecule has 4 rings (SSSR count). The van der Waals surface area contributed by atoms with Crippen LogP contribution in [0.15, 0.2) is 24.3 Å². The third-order valence-electron chi connectivity index (χ3n) is 5.66. The molecule has 1 aromatic carbocycles. The van der Waals surface area contributed by atoms with E-state index < -0.39 is 0 Å². The summed E-state index contributed by atoms with van der Waals surface area (Å²) < 4.78 is 7.51. The van der Waals surface area contributed by atoms with Crippen molar-refractivity contribution in [1.82, 2.24) is 19.4 Å². The second-order valence-electron chi connectivity index (χ2n) is 7.38. The van der Waals surface area contributed by atoms with Gasteiger partial charge in [-0.15, -0.1) is 0 Å². The van der Waals surface area contributed by atoms with Gasteiger partial charge in [0.25, 0.3) is 0 Å². The minimum Gasteiger partial charge on any atom is -0.379 e. The number of fused-ring (bicyclic) bond motifs is 1. The minimum atomic E-state index is 0.217. The molecule has 1 amide bonds. The number of nitrogens with zero attached hydrogens (tertiary/aromatic N) is 4. The van der Waals surface area contributed by atoms with Crippen molar-refractivity contribution < 1.29 is 9.53 Å². The number of carbonyl (C=O) groups excluding carboxylic acids is 1. The average molecular weight is 356 g/mol. The molecule has 0 N–H and O–H groups in total. The highest BCUT2D eigenvalue weighted by Gasteiger charge is 2.29. The van der Waals surface area contributed by atoms with Crippen molar-refractivity contribution in [2.45, 2.75) is 38.8 Å². The van der Waals surface area contributed by atoms with Crippen LogP contribution in [0.1, 0.15) is 25.1 Å². The Morgan fingerprint density at radius 3 is 2.85 bits per heavy atom. The standard InChI is InChI=1S/C20H28N4O2/c1-16-21-18-7-2-3-8-19(18)24(16)15-20(25)23-9-5-4-6-17(23)14-22-10-12-26-13-11-22/h2-3,7-8,17H,4-6,9-15H2,1H3/t17-/m1/s1. The van der Waals surface area contributed by atoms with Crippen molar-refractivity contribution in [3.8, 4) is 0 Å². The SMILES string of the molecule is Cc1nc2ccccc2n1CC(=O)N1CCCC[C@@H]1CN1CCOCC1. The first-order valence-electron chi connectivity index (χ1n) is 9.74. The van der Waals surface area contributed by atoms with Crippen LogP contribution in [0.25, 0.3) is 11.0 Å². The monoisotopic (exact) mass is 356 g/mol. The van der Waals surface area contributed by atoms with Gasteiger partial charge < -0.3 is 14.2 Å². The van der Waals surface area contributed by atoms with E-state index in [0.717, 1.165) is 69.1 Å². The molecule has 6 heteroatoms. The molecular weight excluding hydrogens is 328 g/mol. The molecule has 2 aromatic rings. The quantitative estimate of drug-likeness (QED) is 0.841. The number of carbonyl (C=O) groups is 1. The van der Waals surface area contributed by atoms with Gasteiger partial charge in [0.1, 0.15) is 12.4 Å². The number of hydrogen-bond acceptors (Lipinski definition) is 4. The second-order valence-corrected chi connectivity index (χ2v) is 7.38. The summed E-state index contributed by atoms with van der Waals surface area (Å²) in [6.45, 7) is 7.77. The van der Waals surface area contributed by atoms with E-state index in [1.165, 1.54) is 6.42 Å². The molecule has 1 aromatic heterocycles. The van der Waals surface area contributed by atoms with Crippen LogP contribution in [-0.4, -0.2) is 70.7 Å². The molecule has 2 saturated heterocycles. The first-order chi connectivity index (χ1) is 12.7. The maximum Gasteiger partial charge on any atom is 0.242 e. The van der Waals surface area contributed by atoms with E-state index >= 15 is 0 Å². The molecule has 1 atom stereocenters. The van der Waals surface area contributed by atoms with E-state index in [0.29, 0.717) is 12.6 Å². The summed E-state index contributed by atoms with van der Waals surface area (Å²) in [6, 6.07) is 8.37. The third-order valence-corrected chi connectivity index (χ3v) is 5.66. The van der Waals surface area contributed by atoms with E-state index in [1.807, 2.05) is 31.2 Å². The van der Waals surface area contributed by atoms with Crippen LogP contribution in [0.3, 0.4) is 0 Å². The van der Waals surface area contributed by atoms with Gasteiger partial charge in [0.05, 0.1) is 24.2 Å². The lowest BCUT2D eigenvalue weighted by Crippen LogP contribution is -2.52. The molecule has 0 spiro atoms. The van der Waals surface area contributed by atoms with Gasteiger partial charge in [0, 0.05) is 32.2 Å². The fourth-order valence-electron chi connectivity index (χ4n) is 4.22. The lowest BCUT2D eigenvalue weighted by Gasteiger charge is -2.39. The van der Waals surface area contributed by atoms with E-state index in [4.69, 9.17) is 4.74 Å². The molecule has 0 radical (unpaired) electrons. The highest BCUT2D eigenvalue weighted by molar-refractivity contribution is 5.81. The summed E-state index contributed by atoms with van der Waals surface area (Å²) in [5.74, 6) is 1.12.